The zero-order valence-corrected chi connectivity index (χ0v) is 43.1. The fourth-order valence-electron chi connectivity index (χ4n) is 19.4. The van der Waals surface area contributed by atoms with Crippen molar-refractivity contribution in [3.8, 4) is 0 Å². The van der Waals surface area contributed by atoms with Crippen LogP contribution in [-0.4, -0.2) is 77.4 Å². The van der Waals surface area contributed by atoms with E-state index in [1.807, 2.05) is 12.1 Å². The maximum absolute atomic E-state index is 13.2. The van der Waals surface area contributed by atoms with Gasteiger partial charge >= 0.3 is 11.9 Å². The third kappa shape index (κ3) is 8.05. The Labute approximate surface area is 408 Å². The van der Waals surface area contributed by atoms with E-state index in [0.29, 0.717) is 94.6 Å². The zero-order chi connectivity index (χ0) is 48.7. The molecule has 1 aromatic rings. The molecule has 0 spiro atoms. The minimum absolute atomic E-state index is 0.00493. The summed E-state index contributed by atoms with van der Waals surface area (Å²) in [4.78, 5) is 51.5. The smallest absolute Gasteiger partial charge is 0.305 e. The summed E-state index contributed by atoms with van der Waals surface area (Å²) < 4.78 is 9.75. The van der Waals surface area contributed by atoms with Gasteiger partial charge in [-0.05, 0) is 220 Å². The first kappa shape index (κ1) is 50.1. The first-order valence-electron chi connectivity index (χ1n) is 27.5. The van der Waals surface area contributed by atoms with Gasteiger partial charge < -0.3 is 25.4 Å². The van der Waals surface area contributed by atoms with E-state index < -0.39 is 0 Å². The van der Waals surface area contributed by atoms with Gasteiger partial charge in [0.25, 0.3) is 11.8 Å². The number of hydrogen-bond donors (Lipinski definition) is 3. The quantitative estimate of drug-likeness (QED) is 0.162. The number of ether oxygens (including phenoxy) is 2. The van der Waals surface area contributed by atoms with Crippen LogP contribution in [0.4, 0.5) is 0 Å². The number of methoxy groups -OCH3 is 2. The maximum atomic E-state index is 13.2. The lowest BCUT2D eigenvalue weighted by Crippen LogP contribution is -2.59. The summed E-state index contributed by atoms with van der Waals surface area (Å²) in [5, 5.41) is 23.4. The molecule has 0 saturated heterocycles. The van der Waals surface area contributed by atoms with Crippen molar-refractivity contribution >= 4 is 23.8 Å². The van der Waals surface area contributed by atoms with E-state index in [9.17, 15) is 29.4 Å². The molecular formula is C58H88N2O8. The van der Waals surface area contributed by atoms with Crippen molar-refractivity contribution in [1.82, 2.24) is 4.90 Å². The largest absolute Gasteiger partial charge is 0.469 e. The van der Waals surface area contributed by atoms with Gasteiger partial charge in [-0.1, -0.05) is 53.7 Å². The van der Waals surface area contributed by atoms with Crippen molar-refractivity contribution in [2.75, 3.05) is 14.2 Å². The Hall–Kier alpha value is -2.82. The Morgan fingerprint density at radius 1 is 0.632 bits per heavy atom. The van der Waals surface area contributed by atoms with Gasteiger partial charge in [0.1, 0.15) is 0 Å². The summed E-state index contributed by atoms with van der Waals surface area (Å²) in [6.45, 7) is 14.3. The Balaban J connectivity index is 0.000000178. The number of rotatable bonds is 9. The van der Waals surface area contributed by atoms with Crippen LogP contribution >= 0.6 is 0 Å². The number of nitrogens with zero attached hydrogens (tertiary/aromatic N) is 1. The molecule has 68 heavy (non-hydrogen) atoms. The highest BCUT2D eigenvalue weighted by Crippen LogP contribution is 2.70. The van der Waals surface area contributed by atoms with Gasteiger partial charge in [0.05, 0.1) is 37.6 Å². The third-order valence-corrected chi connectivity index (χ3v) is 23.3. The number of esters is 2. The van der Waals surface area contributed by atoms with E-state index in [4.69, 9.17) is 15.2 Å². The second-order valence-corrected chi connectivity index (χ2v) is 25.6. The summed E-state index contributed by atoms with van der Waals surface area (Å²) in [7, 11) is 2.93. The molecule has 1 aromatic carbocycles. The molecule has 10 nitrogen and oxygen atoms in total. The molecule has 20 atom stereocenters. The van der Waals surface area contributed by atoms with Gasteiger partial charge in [0.2, 0.25) is 0 Å². The lowest BCUT2D eigenvalue weighted by atomic mass is 9.43. The molecule has 1 heterocycles. The second kappa shape index (κ2) is 19.0. The summed E-state index contributed by atoms with van der Waals surface area (Å²) in [6.07, 6.45) is 20.0. The molecule has 10 rings (SSSR count). The van der Waals surface area contributed by atoms with Gasteiger partial charge in [0, 0.05) is 24.9 Å². The highest BCUT2D eigenvalue weighted by atomic mass is 16.5. The number of nitrogens with two attached hydrogens (primary N) is 1. The molecule has 0 radical (unpaired) electrons. The molecule has 8 fully saturated rings. The fourth-order valence-corrected chi connectivity index (χ4v) is 19.4. The number of imide groups is 1. The minimum atomic E-state index is -0.332. The van der Waals surface area contributed by atoms with E-state index in [1.165, 1.54) is 65.6 Å². The predicted octanol–water partition coefficient (Wildman–Crippen LogP) is 10.4. The molecule has 4 N–H and O–H groups in total. The molecule has 8 saturated carbocycles. The van der Waals surface area contributed by atoms with Crippen LogP contribution in [0.3, 0.4) is 0 Å². The number of carbonyl (C=O) groups excluding carboxylic acids is 4. The van der Waals surface area contributed by atoms with E-state index in [0.717, 1.165) is 76.0 Å². The van der Waals surface area contributed by atoms with Crippen molar-refractivity contribution in [2.24, 2.45) is 98.4 Å². The fraction of sp³-hybridized carbons (Fsp3) is 0.828. The third-order valence-electron chi connectivity index (χ3n) is 23.3. The van der Waals surface area contributed by atoms with Gasteiger partial charge in [-0.15, -0.1) is 0 Å². The van der Waals surface area contributed by atoms with Crippen LogP contribution in [0, 0.1) is 92.7 Å². The molecule has 0 bridgehead atoms. The number of hydrogen-bond acceptors (Lipinski definition) is 9. The molecule has 9 aliphatic rings. The van der Waals surface area contributed by atoms with Gasteiger partial charge in [0.15, 0.2) is 0 Å². The van der Waals surface area contributed by atoms with Gasteiger partial charge in [-0.2, -0.15) is 0 Å². The molecule has 10 heteroatoms. The van der Waals surface area contributed by atoms with E-state index in [2.05, 4.69) is 41.5 Å². The van der Waals surface area contributed by atoms with Crippen LogP contribution in [0.1, 0.15) is 191 Å². The second-order valence-electron chi connectivity index (χ2n) is 25.6. The monoisotopic (exact) mass is 941 g/mol. The highest BCUT2D eigenvalue weighted by molar-refractivity contribution is 6.21. The Bertz CT molecular complexity index is 2020. The molecule has 378 valence electrons. The lowest BCUT2D eigenvalue weighted by Gasteiger charge is -2.63. The molecule has 2 amide bonds. The SMILES string of the molecule is COC(=O)CCC(C)[C@H]1CCC2C3CCC4CC(N)CC[C@]4(C)C3CC(O)[C@@]21C.COC(=O)CCC(C)[C@H]1CCC2C3CCC4CC(N5C(=O)c6ccccc6C5=O)CC[C@]4(C)C3CC(O)[C@@]21C. The van der Waals surface area contributed by atoms with Crippen molar-refractivity contribution in [3.05, 3.63) is 35.4 Å². The molecule has 1 aliphatic heterocycles. The van der Waals surface area contributed by atoms with Gasteiger partial charge in [-0.25, -0.2) is 0 Å². The average molecular weight is 941 g/mol. The Kier molecular flexibility index (Phi) is 14.0. The van der Waals surface area contributed by atoms with Crippen LogP contribution < -0.4 is 5.73 Å². The molecule has 14 unspecified atom stereocenters. The number of aliphatic hydroxyl groups is 2. The number of benzene rings is 1. The normalized spacial score (nSPS) is 45.4. The van der Waals surface area contributed by atoms with Crippen LogP contribution in [0.25, 0.3) is 0 Å². The minimum Gasteiger partial charge on any atom is -0.469 e. The average Bonchev–Trinajstić information content (AvgIpc) is 3.97. The van der Waals surface area contributed by atoms with Crippen LogP contribution in [0.2, 0.25) is 0 Å². The summed E-state index contributed by atoms with van der Waals surface area (Å²) in [5.74, 6) is 6.16. The number of carbonyl (C=O) groups is 4. The first-order chi connectivity index (χ1) is 32.3. The number of amides is 2. The summed E-state index contributed by atoms with van der Waals surface area (Å²) in [5.41, 5.74) is 7.84. The summed E-state index contributed by atoms with van der Waals surface area (Å²) in [6, 6.07) is 7.58. The van der Waals surface area contributed by atoms with Crippen molar-refractivity contribution in [2.45, 2.75) is 194 Å². The molecule has 8 aliphatic carbocycles. The highest BCUT2D eigenvalue weighted by Gasteiger charge is 2.66. The maximum Gasteiger partial charge on any atom is 0.305 e. The standard InChI is InChI=1S/C33H45NO5.C25H43NO3/c1-19(9-14-29(36)39-4)25-12-13-26-24-11-10-20-17-21(34-30(37)22-7-5-6-8-23(22)31(34)38)15-16-32(20,2)27(24)18-28(35)33(25,26)3;1-15(5-10-23(28)29-4)19-8-9-20-18-7-6-16-13-17(26)11-12-24(16,2)21(18)14-22(27)25(19,20)3/h5-8,19-21,24-28,35H,9-18H2,1-4H3;15-22,27H,5-14,26H2,1-4H3/t19?,20?,21?,24?,25-,26?,27?,28?,32+,33-;15?,16?,17?,18?,19-,20?,21?,22?,24+,25-/m11/s1. The summed E-state index contributed by atoms with van der Waals surface area (Å²) >= 11 is 0. The van der Waals surface area contributed by atoms with Crippen LogP contribution in [0.15, 0.2) is 24.3 Å². The van der Waals surface area contributed by atoms with Gasteiger partial charge in [-0.3, -0.25) is 24.1 Å². The molecule has 0 aromatic heterocycles. The molecular weight excluding hydrogens is 853 g/mol. The predicted molar refractivity (Wildman–Crippen MR) is 263 cm³/mol. The lowest BCUT2D eigenvalue weighted by molar-refractivity contribution is -0.171. The Morgan fingerprint density at radius 3 is 1.53 bits per heavy atom. The Morgan fingerprint density at radius 2 is 1.07 bits per heavy atom. The topological polar surface area (TPSA) is 156 Å². The van der Waals surface area contributed by atoms with Crippen molar-refractivity contribution in [1.29, 1.82) is 0 Å². The van der Waals surface area contributed by atoms with E-state index >= 15 is 0 Å². The zero-order valence-electron chi connectivity index (χ0n) is 43.1. The first-order valence-corrected chi connectivity index (χ1v) is 27.5. The number of aliphatic hydroxyl groups excluding tert-OH is 2. The van der Waals surface area contributed by atoms with E-state index in [1.54, 1.807) is 17.0 Å². The van der Waals surface area contributed by atoms with Crippen LogP contribution in [-0.2, 0) is 19.1 Å². The van der Waals surface area contributed by atoms with Crippen LogP contribution in [0.5, 0.6) is 0 Å². The van der Waals surface area contributed by atoms with Crippen molar-refractivity contribution in [3.63, 3.8) is 0 Å². The number of fused-ring (bicyclic) bond motifs is 11. The van der Waals surface area contributed by atoms with Crippen molar-refractivity contribution < 1.29 is 38.9 Å². The van der Waals surface area contributed by atoms with E-state index in [-0.39, 0.29) is 58.2 Å².